The van der Waals surface area contributed by atoms with Crippen LogP contribution in [0.15, 0.2) is 295 Å². The van der Waals surface area contributed by atoms with E-state index < -0.39 is 15.8 Å². The first-order valence-corrected chi connectivity index (χ1v) is 44.1. The number of ether oxygens (including phenoxy) is 2. The third kappa shape index (κ3) is 21.6. The van der Waals surface area contributed by atoms with Gasteiger partial charge in [0.2, 0.25) is 0 Å². The second-order valence-corrected chi connectivity index (χ2v) is 32.4. The van der Waals surface area contributed by atoms with Gasteiger partial charge in [-0.3, -0.25) is 19.1 Å². The summed E-state index contributed by atoms with van der Waals surface area (Å²) in [5.74, 6) is 12.6. The van der Waals surface area contributed by atoms with Gasteiger partial charge in [0.25, 0.3) is 0 Å². The van der Waals surface area contributed by atoms with Crippen LogP contribution >= 0.6 is 93.8 Å². The molecule has 20 heteroatoms. The molecule has 0 atom stereocenters. The van der Waals surface area contributed by atoms with Gasteiger partial charge in [0.15, 0.2) is 11.6 Å². The summed E-state index contributed by atoms with van der Waals surface area (Å²) >= 11 is 12.9. The third-order valence-corrected chi connectivity index (χ3v) is 23.7. The smallest absolute Gasteiger partial charge is 0.0134 e. The van der Waals surface area contributed by atoms with Gasteiger partial charge in [-0.2, -0.15) is 0 Å². The number of hydrogen-bond donors (Lipinski definition) is 0. The van der Waals surface area contributed by atoms with E-state index in [0.717, 1.165) is 60.9 Å². The molecule has 16 rings (SSSR count). The Kier molecular flexibility index (Phi) is 31.6. The van der Waals surface area contributed by atoms with Crippen molar-refractivity contribution in [3.05, 3.63) is 368 Å². The number of hydrogen-bond acceptors (Lipinski definition) is 10. The molecule has 0 aliphatic carbocycles. The molecule has 0 saturated heterocycles. The number of benzene rings is 8. The van der Waals surface area contributed by atoms with Crippen molar-refractivity contribution >= 4 is 126 Å². The Morgan fingerprint density at radius 2 is 0.794 bits per heavy atom. The molecule has 2 aliphatic heterocycles. The fourth-order valence-electron chi connectivity index (χ4n) is 11.1. The first-order chi connectivity index (χ1) is 50.3. The first kappa shape index (κ1) is 77.2. The maximum atomic E-state index is 5.94. The van der Waals surface area contributed by atoms with Crippen LogP contribution < -0.4 is 31.8 Å². The van der Waals surface area contributed by atoms with Crippen LogP contribution in [0.5, 0.6) is 0 Å². The molecule has 2 aliphatic rings. The summed E-state index contributed by atoms with van der Waals surface area (Å²) in [4.78, 5) is 9.02. The molecule has 0 unspecified atom stereocenters. The van der Waals surface area contributed by atoms with Gasteiger partial charge in [-0.05, 0) is 137 Å². The van der Waals surface area contributed by atoms with Gasteiger partial charge in [0.05, 0.1) is 21.9 Å². The average molecular weight is 1770 g/mol. The standard InChI is InChI=1S/C23H18N4OS.2C18H15P.C16H14BrN3OS.C7H5N.2ClH.Cu.HI.Pd/c1-16-25-26-22-15-28-14-20-19(12-17-6-3-2-4-7-17)21(29-23(20)27(16)22)10-9-18-8-5-11-24-13-18;2*1-4-10-16(11-5-1)19(17-12-6-2-7-13-17)18-14-8-3-9-15-18;1-10-18-19-14-9-21-8-13-12(7-11-5-3-2-4-6-11)15(17)22-16(13)20(10)14;1-2-7-4-3-5-8-6-7;;;;;/h2-8,11,13H,12,14-15H2,1H3;2*1-15H;2-6H,7-9H2,1H3;1,3-6H;2*1H;;1H;/q;;;;;;;+1;;+2/p-3. The van der Waals surface area contributed by atoms with Gasteiger partial charge in [-0.15, -0.1) is 49.5 Å². The van der Waals surface area contributed by atoms with E-state index in [4.69, 9.17) is 35.0 Å². The average Bonchev–Trinajstić information content (AvgIpc) is 1.63. The maximum Gasteiger partial charge on any atom is -0.0134 e. The zero-order chi connectivity index (χ0) is 71.1. The Hall–Kier alpha value is -7.39. The fraction of sp³-hybridized carbons (Fsp3) is 0.0976. The van der Waals surface area contributed by atoms with Crippen LogP contribution in [0.2, 0.25) is 0 Å². The van der Waals surface area contributed by atoms with Crippen molar-refractivity contribution in [3.63, 3.8) is 0 Å². The van der Waals surface area contributed by atoms with Gasteiger partial charge >= 0.3 is 68.1 Å². The number of nitrogens with zero attached hydrogens (tertiary/aromatic N) is 8. The Bertz CT molecular complexity index is 4610. The van der Waals surface area contributed by atoms with Crippen LogP contribution in [0.4, 0.5) is 0 Å². The number of aromatic nitrogens is 8. The number of fused-ring (bicyclic) bond motifs is 6. The van der Waals surface area contributed by atoms with Crippen molar-refractivity contribution < 1.29 is 38.2 Å². The molecule has 0 radical (unpaired) electrons. The van der Waals surface area contributed by atoms with Gasteiger partial charge in [-0.25, -0.2) is 0 Å². The van der Waals surface area contributed by atoms with E-state index in [1.165, 1.54) is 70.2 Å². The molecule has 102 heavy (non-hydrogen) atoms. The molecule has 14 aromatic rings. The van der Waals surface area contributed by atoms with Crippen LogP contribution in [0.25, 0.3) is 10.0 Å². The van der Waals surface area contributed by atoms with E-state index in [0.29, 0.717) is 26.4 Å². The Morgan fingerprint density at radius 3 is 1.14 bits per heavy atom. The predicted octanol–water partition coefficient (Wildman–Crippen LogP) is 18.3. The minimum Gasteiger partial charge on any atom is -0.0622 e. The van der Waals surface area contributed by atoms with Crippen LogP contribution in [0.1, 0.15) is 72.7 Å². The van der Waals surface area contributed by atoms with Crippen molar-refractivity contribution in [2.24, 2.45) is 0 Å². The van der Waals surface area contributed by atoms with E-state index in [9.17, 15) is 0 Å². The number of thiophene rings is 2. The molecule has 518 valence electrons. The number of aryl methyl sites for hydroxylation is 2. The zero-order valence-electron chi connectivity index (χ0n) is 55.3. The molecule has 8 aromatic carbocycles. The van der Waals surface area contributed by atoms with E-state index in [1.807, 2.05) is 50.2 Å². The Morgan fingerprint density at radius 1 is 0.461 bits per heavy atom. The summed E-state index contributed by atoms with van der Waals surface area (Å²) in [6, 6.07) is 93.2. The Labute approximate surface area is 652 Å². The molecule has 0 amide bonds. The predicted molar refractivity (Wildman–Crippen MR) is 430 cm³/mol. The quantitative estimate of drug-likeness (QED) is 0.0577. The summed E-state index contributed by atoms with van der Waals surface area (Å²) < 4.78 is 17.1. The van der Waals surface area contributed by atoms with Crippen molar-refractivity contribution in [2.75, 3.05) is 0 Å². The number of pyridine rings is 2. The van der Waals surface area contributed by atoms with Crippen molar-refractivity contribution in [1.82, 2.24) is 39.5 Å². The van der Waals surface area contributed by atoms with Crippen molar-refractivity contribution in [2.45, 2.75) is 53.1 Å². The summed E-state index contributed by atoms with van der Waals surface area (Å²) in [5, 5.41) is 27.6. The molecule has 0 fully saturated rings. The van der Waals surface area contributed by atoms with Crippen LogP contribution in [0.3, 0.4) is 0 Å². The number of rotatable bonds is 10. The monoisotopic (exact) mass is 1770 g/mol. The summed E-state index contributed by atoms with van der Waals surface area (Å²) in [5.41, 5.74) is 9.21. The number of halogens is 4. The summed E-state index contributed by atoms with van der Waals surface area (Å²) in [6.07, 6.45) is 13.7. The molecular weight excluding hydrogens is 1700 g/mol. The van der Waals surface area contributed by atoms with Crippen LogP contribution in [-0.4, -0.2) is 39.5 Å². The topological polar surface area (TPSA) is 106 Å². The Balaban J connectivity index is 0.000000140. The SMILES string of the molecule is C#Cc1cccnc1.Cc1nnc2n1-c1sc(Br)c(Cc3ccccc3)c1COC2.Cc1nnc2n1-c1sc(C#Cc3cccnc3)c(Cc3ccccc3)c1COC2.[Cl][Pd][Cl].[Cu][I].c1ccc(P(c2ccccc2)c2ccccc2)cc1.c1ccc(P(c2ccccc2)c2ccccc2)cc1. The normalized spacial score (nSPS) is 11.3. The van der Waals surface area contributed by atoms with Crippen LogP contribution in [0, 0.1) is 38.0 Å². The fourth-order valence-corrected chi connectivity index (χ4v) is 18.9. The minimum absolute atomic E-state index is 0.106. The van der Waals surface area contributed by atoms with Gasteiger partial charge in [0.1, 0.15) is 34.9 Å². The van der Waals surface area contributed by atoms with Crippen LogP contribution in [-0.2, 0) is 77.4 Å². The molecule has 0 N–H and O–H groups in total. The summed E-state index contributed by atoms with van der Waals surface area (Å²) in [7, 11) is 8.74. The van der Waals surface area contributed by atoms with Gasteiger partial charge in [-0.1, -0.05) is 260 Å². The van der Waals surface area contributed by atoms with Crippen molar-refractivity contribution in [1.29, 1.82) is 0 Å². The first-order valence-electron chi connectivity index (χ1n) is 31.9. The van der Waals surface area contributed by atoms with E-state index in [2.05, 4.69) is 316 Å². The minimum atomic E-state index is -0.446. The van der Waals surface area contributed by atoms with Crippen molar-refractivity contribution in [3.8, 4) is 34.2 Å². The van der Waals surface area contributed by atoms with E-state index in [-0.39, 0.29) is 15.9 Å². The number of terminal acetylenes is 1. The molecule has 10 nitrogen and oxygen atoms in total. The second kappa shape index (κ2) is 41.8. The van der Waals surface area contributed by atoms with Gasteiger partial charge in [0, 0.05) is 47.0 Å². The van der Waals surface area contributed by atoms with E-state index in [1.54, 1.807) is 67.8 Å². The maximum absolute atomic E-state index is 5.94. The van der Waals surface area contributed by atoms with E-state index >= 15 is 0 Å². The molecule has 0 spiro atoms. The zero-order valence-corrected chi connectivity index (χ0v) is 66.4. The molecule has 0 saturated carbocycles. The molecule has 8 heterocycles. The summed E-state index contributed by atoms with van der Waals surface area (Å²) in [6.45, 7) is 6.08. The third-order valence-electron chi connectivity index (χ3n) is 15.6. The largest absolute Gasteiger partial charge is 0.0622 e. The molecule has 0 bridgehead atoms. The molecule has 6 aromatic heterocycles. The van der Waals surface area contributed by atoms with Gasteiger partial charge < -0.3 is 9.47 Å². The molecular formula is C82H67BrCl2CuIN8O2P2PdS2. The second-order valence-electron chi connectivity index (χ2n) is 22.2.